The van der Waals surface area contributed by atoms with E-state index in [0.29, 0.717) is 18.4 Å². The highest BCUT2D eigenvalue weighted by atomic mass is 35.5. The maximum Gasteiger partial charge on any atom is 0.231 e. The molecule has 0 aliphatic heterocycles. The smallest absolute Gasteiger partial charge is 0.231 e. The number of rotatable bonds is 7. The van der Waals surface area contributed by atoms with Gasteiger partial charge in [-0.1, -0.05) is 0 Å². The summed E-state index contributed by atoms with van der Waals surface area (Å²) >= 11 is 5.94. The van der Waals surface area contributed by atoms with Gasteiger partial charge in [0.2, 0.25) is 17.2 Å². The van der Waals surface area contributed by atoms with Gasteiger partial charge >= 0.3 is 0 Å². The van der Waals surface area contributed by atoms with Gasteiger partial charge in [0.15, 0.2) is 0 Å². The lowest BCUT2D eigenvalue weighted by atomic mass is 10.5. The third-order valence-electron chi connectivity index (χ3n) is 2.85. The van der Waals surface area contributed by atoms with Crippen molar-refractivity contribution in [2.24, 2.45) is 0 Å². The van der Waals surface area contributed by atoms with Gasteiger partial charge in [-0.15, -0.1) is 0 Å². The van der Waals surface area contributed by atoms with Gasteiger partial charge in [0.25, 0.3) is 0 Å². The molecule has 7 nitrogen and oxygen atoms in total. The van der Waals surface area contributed by atoms with Gasteiger partial charge in [-0.3, -0.25) is 0 Å². The summed E-state index contributed by atoms with van der Waals surface area (Å²) in [5.41, 5.74) is 0. The highest BCUT2D eigenvalue weighted by Crippen LogP contribution is 2.13. The van der Waals surface area contributed by atoms with Crippen molar-refractivity contribution in [3.8, 4) is 0 Å². The molecule has 0 atom stereocenters. The molecular formula is C12H18ClN7. The Morgan fingerprint density at radius 1 is 1.25 bits per heavy atom. The van der Waals surface area contributed by atoms with Crippen LogP contribution >= 0.6 is 11.6 Å². The molecule has 0 bridgehead atoms. The Morgan fingerprint density at radius 3 is 2.70 bits per heavy atom. The van der Waals surface area contributed by atoms with Crippen LogP contribution in [0.5, 0.6) is 0 Å². The lowest BCUT2D eigenvalue weighted by Gasteiger charge is -2.18. The second-order valence-corrected chi connectivity index (χ2v) is 4.47. The molecule has 2 aromatic heterocycles. The summed E-state index contributed by atoms with van der Waals surface area (Å²) in [6.45, 7) is 7.22. The molecule has 0 fully saturated rings. The number of aromatic nitrogens is 5. The monoisotopic (exact) mass is 295 g/mol. The predicted molar refractivity (Wildman–Crippen MR) is 79.1 cm³/mol. The topological polar surface area (TPSA) is 71.8 Å². The first-order valence-electron chi connectivity index (χ1n) is 6.59. The van der Waals surface area contributed by atoms with Crippen LogP contribution in [0, 0.1) is 0 Å². The second-order valence-electron chi connectivity index (χ2n) is 4.13. The van der Waals surface area contributed by atoms with E-state index in [1.807, 2.05) is 29.5 Å². The van der Waals surface area contributed by atoms with Gasteiger partial charge in [0, 0.05) is 38.6 Å². The first-order chi connectivity index (χ1) is 9.72. The van der Waals surface area contributed by atoms with Gasteiger partial charge in [0.05, 0.1) is 6.33 Å². The number of hydrogen-bond donors (Lipinski definition) is 1. The van der Waals surface area contributed by atoms with E-state index < -0.39 is 0 Å². The highest BCUT2D eigenvalue weighted by molar-refractivity contribution is 6.28. The minimum Gasteiger partial charge on any atom is -0.352 e. The van der Waals surface area contributed by atoms with E-state index in [1.54, 1.807) is 12.5 Å². The fourth-order valence-electron chi connectivity index (χ4n) is 1.78. The highest BCUT2D eigenvalue weighted by Gasteiger charge is 2.09. The zero-order valence-electron chi connectivity index (χ0n) is 11.6. The summed E-state index contributed by atoms with van der Waals surface area (Å²) < 4.78 is 1.97. The maximum absolute atomic E-state index is 5.94. The molecule has 0 radical (unpaired) electrons. The molecule has 0 aromatic carbocycles. The van der Waals surface area contributed by atoms with E-state index in [1.165, 1.54) is 0 Å². The fraction of sp³-hybridized carbons (Fsp3) is 0.500. The molecule has 1 N–H and O–H groups in total. The van der Waals surface area contributed by atoms with Crippen molar-refractivity contribution in [1.82, 2.24) is 24.5 Å². The second kappa shape index (κ2) is 7.04. The molecule has 108 valence electrons. The van der Waals surface area contributed by atoms with E-state index in [4.69, 9.17) is 11.6 Å². The summed E-state index contributed by atoms with van der Waals surface area (Å²) in [6, 6.07) is 0. The van der Waals surface area contributed by atoms with E-state index in [-0.39, 0.29) is 5.28 Å². The summed E-state index contributed by atoms with van der Waals surface area (Å²) in [5.74, 6) is 1.09. The van der Waals surface area contributed by atoms with Crippen LogP contribution in [0.2, 0.25) is 5.28 Å². The van der Waals surface area contributed by atoms with Crippen molar-refractivity contribution < 1.29 is 0 Å². The van der Waals surface area contributed by atoms with E-state index in [9.17, 15) is 0 Å². The lowest BCUT2D eigenvalue weighted by Crippen LogP contribution is -2.25. The Labute approximate surface area is 123 Å². The predicted octanol–water partition coefficient (Wildman–Crippen LogP) is 1.68. The van der Waals surface area contributed by atoms with Crippen LogP contribution < -0.4 is 10.2 Å². The number of imidazole rings is 1. The molecule has 0 saturated carbocycles. The SMILES string of the molecule is CCN(CC)c1nc(Cl)nc(NCCn2ccnc2)n1. The van der Waals surface area contributed by atoms with Crippen molar-refractivity contribution in [2.45, 2.75) is 20.4 Å². The molecule has 0 spiro atoms. The average Bonchev–Trinajstić information content (AvgIpc) is 2.93. The molecule has 0 amide bonds. The first kappa shape index (κ1) is 14.5. The number of anilines is 2. The van der Waals surface area contributed by atoms with Gasteiger partial charge < -0.3 is 14.8 Å². The van der Waals surface area contributed by atoms with E-state index in [2.05, 4.69) is 25.3 Å². The molecule has 0 saturated heterocycles. The van der Waals surface area contributed by atoms with Crippen molar-refractivity contribution in [3.05, 3.63) is 24.0 Å². The van der Waals surface area contributed by atoms with E-state index in [0.717, 1.165) is 19.6 Å². The zero-order chi connectivity index (χ0) is 14.4. The van der Waals surface area contributed by atoms with Crippen LogP contribution in [-0.2, 0) is 6.54 Å². The summed E-state index contributed by atoms with van der Waals surface area (Å²) in [5, 5.41) is 3.35. The summed E-state index contributed by atoms with van der Waals surface area (Å²) in [7, 11) is 0. The number of nitrogens with one attached hydrogen (secondary N) is 1. The quantitative estimate of drug-likeness (QED) is 0.838. The van der Waals surface area contributed by atoms with Gasteiger partial charge in [-0.2, -0.15) is 15.0 Å². The van der Waals surface area contributed by atoms with Gasteiger partial charge in [0.1, 0.15) is 0 Å². The molecule has 8 heteroatoms. The maximum atomic E-state index is 5.94. The lowest BCUT2D eigenvalue weighted by molar-refractivity contribution is 0.721. The van der Waals surface area contributed by atoms with Crippen LogP contribution in [0.1, 0.15) is 13.8 Å². The fourth-order valence-corrected chi connectivity index (χ4v) is 1.94. The molecular weight excluding hydrogens is 278 g/mol. The van der Waals surface area contributed by atoms with Gasteiger partial charge in [-0.25, -0.2) is 4.98 Å². The average molecular weight is 296 g/mol. The largest absolute Gasteiger partial charge is 0.352 e. The minimum atomic E-state index is 0.201. The molecule has 20 heavy (non-hydrogen) atoms. The molecule has 0 aliphatic rings. The number of hydrogen-bond acceptors (Lipinski definition) is 6. The molecule has 2 rings (SSSR count). The minimum absolute atomic E-state index is 0.201. The van der Waals surface area contributed by atoms with Crippen LogP contribution in [-0.4, -0.2) is 44.1 Å². The van der Waals surface area contributed by atoms with Crippen molar-refractivity contribution in [3.63, 3.8) is 0 Å². The molecule has 0 aliphatic carbocycles. The summed E-state index contributed by atoms with van der Waals surface area (Å²) in [6.07, 6.45) is 5.42. The first-order valence-corrected chi connectivity index (χ1v) is 6.96. The standard InChI is InChI=1S/C12H18ClN7/c1-3-20(4-2)12-17-10(13)16-11(18-12)15-6-8-19-7-5-14-9-19/h5,7,9H,3-4,6,8H2,1-2H3,(H,15,16,17,18). The normalized spacial score (nSPS) is 10.6. The van der Waals surface area contributed by atoms with Gasteiger partial charge in [-0.05, 0) is 25.4 Å². The molecule has 2 heterocycles. The van der Waals surface area contributed by atoms with Crippen molar-refractivity contribution >= 4 is 23.5 Å². The Balaban J connectivity index is 2.00. The molecule has 2 aromatic rings. The Bertz CT molecular complexity index is 525. The van der Waals surface area contributed by atoms with Crippen molar-refractivity contribution in [1.29, 1.82) is 0 Å². The third kappa shape index (κ3) is 3.80. The van der Waals surface area contributed by atoms with Crippen LogP contribution in [0.15, 0.2) is 18.7 Å². The Morgan fingerprint density at radius 2 is 2.05 bits per heavy atom. The molecule has 0 unspecified atom stereocenters. The zero-order valence-corrected chi connectivity index (χ0v) is 12.4. The van der Waals surface area contributed by atoms with Crippen molar-refractivity contribution in [2.75, 3.05) is 29.9 Å². The third-order valence-corrected chi connectivity index (χ3v) is 3.02. The Hall–Kier alpha value is -1.89. The number of halogens is 1. The Kier molecular flexibility index (Phi) is 5.11. The van der Waals surface area contributed by atoms with Crippen LogP contribution in [0.4, 0.5) is 11.9 Å². The van der Waals surface area contributed by atoms with E-state index >= 15 is 0 Å². The summed E-state index contributed by atoms with van der Waals surface area (Å²) in [4.78, 5) is 18.6. The van der Waals surface area contributed by atoms with Crippen LogP contribution in [0.3, 0.4) is 0 Å². The van der Waals surface area contributed by atoms with Crippen LogP contribution in [0.25, 0.3) is 0 Å². The number of nitrogens with zero attached hydrogens (tertiary/aromatic N) is 6.